The van der Waals surface area contributed by atoms with Crippen molar-refractivity contribution in [2.45, 2.75) is 11.8 Å². The molecule has 0 aromatic heterocycles. The molecule has 0 saturated heterocycles. The Kier molecular flexibility index (Phi) is 3.74. The van der Waals surface area contributed by atoms with Crippen LogP contribution in [0.3, 0.4) is 0 Å². The lowest BCUT2D eigenvalue weighted by Gasteiger charge is -2.09. The number of carbonyl (C=O) groups excluding carboxylic acids is 1. The van der Waals surface area contributed by atoms with Crippen LogP contribution in [0, 0.1) is 0 Å². The molecule has 0 radical (unpaired) electrons. The summed E-state index contributed by atoms with van der Waals surface area (Å²) in [5, 5.41) is 11.5. The van der Waals surface area contributed by atoms with E-state index in [1.807, 2.05) is 0 Å². The van der Waals surface area contributed by atoms with Gasteiger partial charge >= 0.3 is 5.97 Å². The van der Waals surface area contributed by atoms with Gasteiger partial charge < -0.3 is 10.4 Å². The summed E-state index contributed by atoms with van der Waals surface area (Å²) in [6, 6.07) is 4.99. The molecule has 0 fully saturated rings. The number of benzene rings is 1. The monoisotopic (exact) mass is 225 g/mol. The zero-order valence-electron chi connectivity index (χ0n) is 8.40. The summed E-state index contributed by atoms with van der Waals surface area (Å²) in [6.07, 6.45) is 1.79. The molecule has 0 aliphatic carbocycles. The van der Waals surface area contributed by atoms with E-state index in [-0.39, 0.29) is 11.5 Å². The van der Waals surface area contributed by atoms with E-state index in [4.69, 9.17) is 5.11 Å². The highest BCUT2D eigenvalue weighted by molar-refractivity contribution is 7.98. The van der Waals surface area contributed by atoms with Gasteiger partial charge in [-0.05, 0) is 18.4 Å². The number of carboxylic acid groups (broad SMARTS) is 1. The molecule has 1 rings (SSSR count). The molecule has 4 nitrogen and oxygen atoms in total. The number of aromatic carboxylic acids is 1. The van der Waals surface area contributed by atoms with Crippen LogP contribution in [0.5, 0.6) is 0 Å². The van der Waals surface area contributed by atoms with Crippen LogP contribution in [0.4, 0.5) is 5.69 Å². The molecule has 80 valence electrons. The smallest absolute Gasteiger partial charge is 0.338 e. The Bertz CT molecular complexity index is 404. The van der Waals surface area contributed by atoms with Gasteiger partial charge in [0, 0.05) is 11.8 Å². The summed E-state index contributed by atoms with van der Waals surface area (Å²) < 4.78 is 0. The lowest BCUT2D eigenvalue weighted by Crippen LogP contribution is -2.11. The first kappa shape index (κ1) is 11.6. The van der Waals surface area contributed by atoms with Gasteiger partial charge in [-0.25, -0.2) is 4.79 Å². The topological polar surface area (TPSA) is 66.4 Å². The van der Waals surface area contributed by atoms with E-state index in [0.717, 1.165) is 0 Å². The summed E-state index contributed by atoms with van der Waals surface area (Å²) in [6.45, 7) is 1.34. The number of carboxylic acids is 1. The van der Waals surface area contributed by atoms with E-state index in [2.05, 4.69) is 5.32 Å². The SMILES string of the molecule is CSc1cccc(NC(C)=O)c1C(=O)O. The quantitative estimate of drug-likeness (QED) is 0.773. The summed E-state index contributed by atoms with van der Waals surface area (Å²) in [4.78, 5) is 22.5. The van der Waals surface area contributed by atoms with Gasteiger partial charge in [-0.1, -0.05) is 6.07 Å². The van der Waals surface area contributed by atoms with Gasteiger partial charge in [-0.3, -0.25) is 4.79 Å². The summed E-state index contributed by atoms with van der Waals surface area (Å²) in [7, 11) is 0. The van der Waals surface area contributed by atoms with Gasteiger partial charge in [0.25, 0.3) is 0 Å². The Balaban J connectivity index is 3.25. The fraction of sp³-hybridized carbons (Fsp3) is 0.200. The minimum Gasteiger partial charge on any atom is -0.478 e. The van der Waals surface area contributed by atoms with Crippen molar-refractivity contribution in [1.82, 2.24) is 0 Å². The Morgan fingerprint density at radius 1 is 1.40 bits per heavy atom. The molecular weight excluding hydrogens is 214 g/mol. The predicted octanol–water partition coefficient (Wildman–Crippen LogP) is 2.07. The largest absolute Gasteiger partial charge is 0.478 e. The fourth-order valence-corrected chi connectivity index (χ4v) is 1.83. The second-order valence-electron chi connectivity index (χ2n) is 2.87. The second-order valence-corrected chi connectivity index (χ2v) is 3.72. The molecule has 0 unspecified atom stereocenters. The van der Waals surface area contributed by atoms with E-state index in [1.165, 1.54) is 18.7 Å². The molecule has 2 N–H and O–H groups in total. The van der Waals surface area contributed by atoms with Crippen molar-refractivity contribution >= 4 is 29.3 Å². The zero-order chi connectivity index (χ0) is 11.4. The molecule has 1 aromatic carbocycles. The van der Waals surface area contributed by atoms with Crippen molar-refractivity contribution in [2.24, 2.45) is 0 Å². The maximum Gasteiger partial charge on any atom is 0.338 e. The van der Waals surface area contributed by atoms with Gasteiger partial charge in [-0.2, -0.15) is 0 Å². The van der Waals surface area contributed by atoms with E-state index in [0.29, 0.717) is 10.6 Å². The van der Waals surface area contributed by atoms with Gasteiger partial charge in [0.2, 0.25) is 5.91 Å². The molecule has 0 aliphatic heterocycles. The predicted molar refractivity (Wildman–Crippen MR) is 59.5 cm³/mol. The van der Waals surface area contributed by atoms with E-state index in [1.54, 1.807) is 24.5 Å². The third kappa shape index (κ3) is 2.73. The molecule has 15 heavy (non-hydrogen) atoms. The highest BCUT2D eigenvalue weighted by Gasteiger charge is 2.15. The van der Waals surface area contributed by atoms with Crippen LogP contribution in [0.2, 0.25) is 0 Å². The van der Waals surface area contributed by atoms with Crippen molar-refractivity contribution in [1.29, 1.82) is 0 Å². The minimum absolute atomic E-state index is 0.139. The highest BCUT2D eigenvalue weighted by atomic mass is 32.2. The molecule has 0 saturated carbocycles. The second kappa shape index (κ2) is 4.84. The van der Waals surface area contributed by atoms with Crippen molar-refractivity contribution < 1.29 is 14.7 Å². The fourth-order valence-electron chi connectivity index (χ4n) is 1.22. The maximum atomic E-state index is 11.0. The van der Waals surface area contributed by atoms with Crippen molar-refractivity contribution in [3.05, 3.63) is 23.8 Å². The third-order valence-corrected chi connectivity index (χ3v) is 2.55. The third-order valence-electron chi connectivity index (χ3n) is 1.77. The van der Waals surface area contributed by atoms with Crippen LogP contribution in [-0.4, -0.2) is 23.2 Å². The molecular formula is C10H11NO3S. The molecule has 5 heteroatoms. The van der Waals surface area contributed by atoms with Crippen molar-refractivity contribution in [3.8, 4) is 0 Å². The van der Waals surface area contributed by atoms with Crippen molar-refractivity contribution in [2.75, 3.05) is 11.6 Å². The molecule has 0 aliphatic rings. The first-order chi connectivity index (χ1) is 7.06. The van der Waals surface area contributed by atoms with Crippen LogP contribution in [0.15, 0.2) is 23.1 Å². The number of nitrogens with one attached hydrogen (secondary N) is 1. The Hall–Kier alpha value is -1.49. The number of hydrogen-bond donors (Lipinski definition) is 2. The number of amides is 1. The van der Waals surface area contributed by atoms with Crippen LogP contribution in [-0.2, 0) is 4.79 Å². The van der Waals surface area contributed by atoms with Crippen LogP contribution < -0.4 is 5.32 Å². The first-order valence-corrected chi connectivity index (χ1v) is 5.46. The first-order valence-electron chi connectivity index (χ1n) is 4.24. The summed E-state index contributed by atoms with van der Waals surface area (Å²) in [5.41, 5.74) is 0.474. The number of anilines is 1. The molecule has 0 bridgehead atoms. The maximum absolute atomic E-state index is 11.0. The lowest BCUT2D eigenvalue weighted by atomic mass is 10.2. The minimum atomic E-state index is -1.04. The Labute approximate surface area is 91.7 Å². The standard InChI is InChI=1S/C10H11NO3S/c1-6(12)11-7-4-3-5-8(15-2)9(7)10(13)14/h3-5H,1-2H3,(H,11,12)(H,13,14). The molecule has 0 atom stereocenters. The number of thioether (sulfide) groups is 1. The van der Waals surface area contributed by atoms with Gasteiger partial charge in [-0.15, -0.1) is 11.8 Å². The molecule has 1 aromatic rings. The molecule has 0 spiro atoms. The summed E-state index contributed by atoms with van der Waals surface area (Å²) >= 11 is 1.33. The van der Waals surface area contributed by atoms with Gasteiger partial charge in [0.05, 0.1) is 11.3 Å². The summed E-state index contributed by atoms with van der Waals surface area (Å²) in [5.74, 6) is -1.32. The van der Waals surface area contributed by atoms with Gasteiger partial charge in [0.15, 0.2) is 0 Å². The van der Waals surface area contributed by atoms with E-state index >= 15 is 0 Å². The van der Waals surface area contributed by atoms with E-state index in [9.17, 15) is 9.59 Å². The van der Waals surface area contributed by atoms with Crippen LogP contribution in [0.1, 0.15) is 17.3 Å². The van der Waals surface area contributed by atoms with Crippen LogP contribution in [0.25, 0.3) is 0 Å². The Morgan fingerprint density at radius 2 is 2.07 bits per heavy atom. The lowest BCUT2D eigenvalue weighted by molar-refractivity contribution is -0.114. The Morgan fingerprint density at radius 3 is 2.53 bits per heavy atom. The van der Waals surface area contributed by atoms with Crippen LogP contribution >= 0.6 is 11.8 Å². The normalized spacial score (nSPS) is 9.73. The number of carbonyl (C=O) groups is 2. The molecule has 1 amide bonds. The van der Waals surface area contributed by atoms with Crippen molar-refractivity contribution in [3.63, 3.8) is 0 Å². The number of rotatable bonds is 3. The molecule has 0 heterocycles. The average Bonchev–Trinajstić information content (AvgIpc) is 2.15. The number of hydrogen-bond acceptors (Lipinski definition) is 3. The van der Waals surface area contributed by atoms with Gasteiger partial charge in [0.1, 0.15) is 0 Å². The zero-order valence-corrected chi connectivity index (χ0v) is 9.22. The highest BCUT2D eigenvalue weighted by Crippen LogP contribution is 2.26. The van der Waals surface area contributed by atoms with E-state index < -0.39 is 5.97 Å². The average molecular weight is 225 g/mol.